The maximum absolute atomic E-state index is 13.4. The Labute approximate surface area is 271 Å². The normalized spacial score (nSPS) is 17.3. The van der Waals surface area contributed by atoms with E-state index < -0.39 is 12.5 Å². The van der Waals surface area contributed by atoms with Crippen LogP contribution in [0.4, 0.5) is 14.5 Å². The van der Waals surface area contributed by atoms with Gasteiger partial charge in [0.05, 0.1) is 18.4 Å². The number of halogens is 3. The van der Waals surface area contributed by atoms with Crippen LogP contribution in [-0.4, -0.2) is 96.8 Å². The number of hydrogen-bond acceptors (Lipinski definition) is 9. The van der Waals surface area contributed by atoms with E-state index in [9.17, 15) is 28.0 Å². The van der Waals surface area contributed by atoms with Gasteiger partial charge in [-0.15, -0.1) is 0 Å². The van der Waals surface area contributed by atoms with Crippen LogP contribution in [0.15, 0.2) is 49.1 Å². The summed E-state index contributed by atoms with van der Waals surface area (Å²) in [5, 5.41) is 11.6. The average molecular weight is 671 g/mol. The summed E-state index contributed by atoms with van der Waals surface area (Å²) in [5.74, 6) is -1.11. The molecule has 2 fully saturated rings. The Morgan fingerprint density at radius 1 is 1.19 bits per heavy atom. The number of alkyl halides is 2. The molecule has 1 unspecified atom stereocenters. The first-order valence-corrected chi connectivity index (χ1v) is 15.2. The van der Waals surface area contributed by atoms with Gasteiger partial charge in [-0.3, -0.25) is 23.9 Å². The van der Waals surface area contributed by atoms with Crippen LogP contribution < -0.4 is 10.1 Å². The third-order valence-corrected chi connectivity index (χ3v) is 8.39. The van der Waals surface area contributed by atoms with Gasteiger partial charge >= 0.3 is 6.61 Å². The van der Waals surface area contributed by atoms with Gasteiger partial charge in [0.15, 0.2) is 5.65 Å². The number of ether oxygens (including phenoxy) is 2. The molecule has 14 nitrogen and oxygen atoms in total. The zero-order valence-electron chi connectivity index (χ0n) is 24.8. The molecule has 3 amide bonds. The fraction of sp³-hybridized carbons (Fsp3) is 0.367. The highest BCUT2D eigenvalue weighted by Gasteiger charge is 2.34. The van der Waals surface area contributed by atoms with Gasteiger partial charge in [-0.25, -0.2) is 9.50 Å². The van der Waals surface area contributed by atoms with Crippen LogP contribution in [0.5, 0.6) is 5.75 Å². The molecule has 4 aromatic rings. The van der Waals surface area contributed by atoms with Gasteiger partial charge in [0.25, 0.3) is 12.4 Å². The first kappa shape index (κ1) is 31.8. The molecule has 246 valence electrons. The summed E-state index contributed by atoms with van der Waals surface area (Å²) in [5.41, 5.74) is 0.660. The third-order valence-electron chi connectivity index (χ3n) is 8.15. The summed E-state index contributed by atoms with van der Waals surface area (Å²) < 4.78 is 39.1. The monoisotopic (exact) mass is 670 g/mol. The first-order valence-electron chi connectivity index (χ1n) is 14.8. The predicted molar refractivity (Wildman–Crippen MR) is 162 cm³/mol. The quantitative estimate of drug-likeness (QED) is 0.251. The number of nitrogens with one attached hydrogen (secondary N) is 1. The largest absolute Gasteiger partial charge is 0.463 e. The molecule has 2 saturated heterocycles. The number of anilines is 1. The van der Waals surface area contributed by atoms with E-state index in [-0.39, 0.29) is 63.8 Å². The summed E-state index contributed by atoms with van der Waals surface area (Å²) in [6, 6.07) is 5.58. The van der Waals surface area contributed by atoms with Gasteiger partial charge in [-0.1, -0.05) is 11.6 Å². The number of piperidine rings is 2. The number of rotatable bonds is 10. The van der Waals surface area contributed by atoms with Crippen molar-refractivity contribution in [1.82, 2.24) is 34.2 Å². The lowest BCUT2D eigenvalue weighted by Gasteiger charge is -2.41. The SMILES string of the molecule is O=COC1CCC(=O)N(C2CCN(C(=O)Cn3cc(NC(=O)c4cnn5cccnc45)c(-c4cc(Cl)ccc4OC(F)F)n3)CC2)C1. The molecule has 6 rings (SSSR count). The summed E-state index contributed by atoms with van der Waals surface area (Å²) in [6.45, 7) is -1.89. The lowest BCUT2D eigenvalue weighted by atomic mass is 9.98. The van der Waals surface area contributed by atoms with E-state index in [4.69, 9.17) is 21.1 Å². The van der Waals surface area contributed by atoms with E-state index in [2.05, 4.69) is 20.5 Å². The number of nitrogens with zero attached hydrogens (tertiary/aromatic N) is 7. The van der Waals surface area contributed by atoms with Gasteiger partial charge in [0.1, 0.15) is 29.7 Å². The molecule has 17 heteroatoms. The number of carbonyl (C=O) groups is 4. The molecule has 0 spiro atoms. The van der Waals surface area contributed by atoms with E-state index in [1.165, 1.54) is 46.0 Å². The van der Waals surface area contributed by atoms with Crippen molar-refractivity contribution >= 4 is 47.1 Å². The standard InChI is InChI=1S/C30H29ClF2N8O6/c31-18-2-4-24(47-30(32)33)21(12-18)27-23(36-29(45)22-13-35-41-9-1-8-34-28(22)41)15-39(37-27)16-26(44)38-10-6-19(7-11-38)40-14-20(46-17-42)3-5-25(40)43/h1-2,4,8-9,12-13,15,17,19-20,30H,3,5-7,10-11,14,16H2,(H,36,45). The number of aromatic nitrogens is 5. The zero-order valence-corrected chi connectivity index (χ0v) is 25.6. The number of amides is 3. The van der Waals surface area contributed by atoms with Crippen molar-refractivity contribution in [2.75, 3.05) is 25.0 Å². The summed E-state index contributed by atoms with van der Waals surface area (Å²) in [4.78, 5) is 57.7. The van der Waals surface area contributed by atoms with Crippen molar-refractivity contribution in [1.29, 1.82) is 0 Å². The molecule has 1 atom stereocenters. The second-order valence-electron chi connectivity index (χ2n) is 11.1. The van der Waals surface area contributed by atoms with E-state index >= 15 is 0 Å². The van der Waals surface area contributed by atoms with Gasteiger partial charge in [-0.2, -0.15) is 19.0 Å². The minimum absolute atomic E-state index is 0.00437. The van der Waals surface area contributed by atoms with Crippen LogP contribution in [0, 0.1) is 0 Å². The molecule has 2 aliphatic heterocycles. The Bertz CT molecular complexity index is 1810. The number of likely N-dealkylation sites (tertiary alicyclic amines) is 2. The second kappa shape index (κ2) is 13.7. The van der Waals surface area contributed by atoms with Crippen LogP contribution in [0.25, 0.3) is 16.9 Å². The Kier molecular flexibility index (Phi) is 9.29. The van der Waals surface area contributed by atoms with Gasteiger partial charge < -0.3 is 24.6 Å². The highest BCUT2D eigenvalue weighted by atomic mass is 35.5. The molecule has 47 heavy (non-hydrogen) atoms. The van der Waals surface area contributed by atoms with Crippen LogP contribution in [0.1, 0.15) is 36.0 Å². The Balaban J connectivity index is 1.22. The molecular formula is C30H29ClF2N8O6. The minimum Gasteiger partial charge on any atom is -0.463 e. The topological polar surface area (TPSA) is 153 Å². The molecule has 3 aromatic heterocycles. The number of fused-ring (bicyclic) bond motifs is 1. The Morgan fingerprint density at radius 3 is 2.77 bits per heavy atom. The molecule has 5 heterocycles. The molecule has 1 aromatic carbocycles. The predicted octanol–water partition coefficient (Wildman–Crippen LogP) is 3.25. The number of benzene rings is 1. The summed E-state index contributed by atoms with van der Waals surface area (Å²) in [7, 11) is 0. The van der Waals surface area contributed by atoms with E-state index in [0.717, 1.165) is 0 Å². The van der Waals surface area contributed by atoms with Crippen molar-refractivity contribution in [2.24, 2.45) is 0 Å². The minimum atomic E-state index is -3.15. The average Bonchev–Trinajstić information content (AvgIpc) is 3.67. The Morgan fingerprint density at radius 2 is 2.00 bits per heavy atom. The highest BCUT2D eigenvalue weighted by molar-refractivity contribution is 6.31. The van der Waals surface area contributed by atoms with Crippen LogP contribution in [0.2, 0.25) is 5.02 Å². The molecular weight excluding hydrogens is 642 g/mol. The van der Waals surface area contributed by atoms with E-state index in [1.54, 1.807) is 22.1 Å². The third kappa shape index (κ3) is 7.01. The number of hydrogen-bond donors (Lipinski definition) is 1. The molecule has 0 radical (unpaired) electrons. The first-order chi connectivity index (χ1) is 22.7. The van der Waals surface area contributed by atoms with Gasteiger partial charge in [0.2, 0.25) is 11.8 Å². The van der Waals surface area contributed by atoms with Crippen molar-refractivity contribution in [3.05, 3.63) is 59.6 Å². The van der Waals surface area contributed by atoms with Crippen molar-refractivity contribution in [3.63, 3.8) is 0 Å². The fourth-order valence-corrected chi connectivity index (χ4v) is 6.08. The molecule has 2 aliphatic rings. The van der Waals surface area contributed by atoms with E-state index in [0.29, 0.717) is 57.4 Å². The highest BCUT2D eigenvalue weighted by Crippen LogP contribution is 2.37. The molecule has 0 aliphatic carbocycles. The van der Waals surface area contributed by atoms with E-state index in [1.807, 2.05) is 0 Å². The molecule has 1 N–H and O–H groups in total. The summed E-state index contributed by atoms with van der Waals surface area (Å²) in [6.07, 6.45) is 7.42. The molecule has 0 bridgehead atoms. The lowest BCUT2D eigenvalue weighted by molar-refractivity contribution is -0.149. The van der Waals surface area contributed by atoms with Gasteiger partial charge in [0, 0.05) is 54.7 Å². The van der Waals surface area contributed by atoms with Crippen molar-refractivity contribution < 1.29 is 37.4 Å². The second-order valence-corrected chi connectivity index (χ2v) is 11.5. The number of carbonyl (C=O) groups excluding carboxylic acids is 4. The van der Waals surface area contributed by atoms with Crippen LogP contribution >= 0.6 is 11.6 Å². The van der Waals surface area contributed by atoms with Crippen LogP contribution in [0.3, 0.4) is 0 Å². The maximum Gasteiger partial charge on any atom is 0.387 e. The van der Waals surface area contributed by atoms with Crippen LogP contribution in [-0.2, 0) is 25.7 Å². The maximum atomic E-state index is 13.4. The fourth-order valence-electron chi connectivity index (χ4n) is 5.90. The van der Waals surface area contributed by atoms with Crippen molar-refractivity contribution in [3.8, 4) is 17.0 Å². The smallest absolute Gasteiger partial charge is 0.387 e. The molecule has 0 saturated carbocycles. The zero-order chi connectivity index (χ0) is 33.1. The van der Waals surface area contributed by atoms with Gasteiger partial charge in [-0.05, 0) is 43.5 Å². The summed E-state index contributed by atoms with van der Waals surface area (Å²) >= 11 is 6.21. The lowest BCUT2D eigenvalue weighted by Crippen LogP contribution is -2.53. The van der Waals surface area contributed by atoms with Crippen molar-refractivity contribution in [2.45, 2.75) is 51.0 Å². The Hall–Kier alpha value is -5.12.